The maximum Gasteiger partial charge on any atom is 0.306 e. The summed E-state index contributed by atoms with van der Waals surface area (Å²) in [4.78, 5) is 38.3. The van der Waals surface area contributed by atoms with Gasteiger partial charge in [0.2, 0.25) is 0 Å². The lowest BCUT2D eigenvalue weighted by atomic mass is 10.0. The molecule has 0 radical (unpaired) electrons. The zero-order chi connectivity index (χ0) is 54.3. The van der Waals surface area contributed by atoms with Crippen molar-refractivity contribution < 1.29 is 28.6 Å². The van der Waals surface area contributed by atoms with E-state index in [1.807, 2.05) is 0 Å². The summed E-state index contributed by atoms with van der Waals surface area (Å²) in [5.74, 6) is -0.874. The Morgan fingerprint density at radius 1 is 0.267 bits per heavy atom. The molecule has 0 aromatic heterocycles. The third-order valence-electron chi connectivity index (χ3n) is 14.5. The highest BCUT2D eigenvalue weighted by Gasteiger charge is 2.19. The molecule has 6 nitrogen and oxygen atoms in total. The minimum atomic E-state index is -0.781. The molecular formula is C69H124O6. The van der Waals surface area contributed by atoms with E-state index >= 15 is 0 Å². The van der Waals surface area contributed by atoms with Crippen molar-refractivity contribution in [2.75, 3.05) is 13.2 Å². The summed E-state index contributed by atoms with van der Waals surface area (Å²) in [7, 11) is 0. The quantitative estimate of drug-likeness (QED) is 0.0261. The normalized spacial score (nSPS) is 12.4. The average molecular weight is 1050 g/mol. The molecule has 1 unspecified atom stereocenters. The fraction of sp³-hybridized carbons (Fsp3) is 0.812. The highest BCUT2D eigenvalue weighted by atomic mass is 16.6. The molecule has 0 saturated heterocycles. The van der Waals surface area contributed by atoms with Crippen LogP contribution in [-0.4, -0.2) is 37.2 Å². The molecule has 0 amide bonds. The van der Waals surface area contributed by atoms with Crippen LogP contribution in [0.1, 0.15) is 342 Å². The number of hydrogen-bond donors (Lipinski definition) is 0. The van der Waals surface area contributed by atoms with Gasteiger partial charge in [-0.25, -0.2) is 0 Å². The maximum atomic E-state index is 12.9. The zero-order valence-corrected chi connectivity index (χ0v) is 50.1. The van der Waals surface area contributed by atoms with Crippen LogP contribution < -0.4 is 0 Å². The molecule has 6 heteroatoms. The van der Waals surface area contributed by atoms with Crippen molar-refractivity contribution in [2.24, 2.45) is 0 Å². The summed E-state index contributed by atoms with van der Waals surface area (Å²) in [6.07, 6.45) is 80.8. The molecule has 436 valence electrons. The summed E-state index contributed by atoms with van der Waals surface area (Å²) in [5.41, 5.74) is 0. The Morgan fingerprint density at radius 3 is 0.773 bits per heavy atom. The van der Waals surface area contributed by atoms with Crippen molar-refractivity contribution in [2.45, 2.75) is 348 Å². The molecule has 0 aromatic rings. The Hall–Kier alpha value is -2.89. The Bertz CT molecular complexity index is 1340. The predicted octanol–water partition coefficient (Wildman–Crippen LogP) is 22.3. The minimum Gasteiger partial charge on any atom is -0.462 e. The van der Waals surface area contributed by atoms with E-state index in [4.69, 9.17) is 14.2 Å². The molecule has 0 saturated carbocycles. The molecule has 75 heavy (non-hydrogen) atoms. The number of ether oxygens (including phenoxy) is 3. The van der Waals surface area contributed by atoms with Gasteiger partial charge in [-0.1, -0.05) is 293 Å². The summed E-state index contributed by atoms with van der Waals surface area (Å²) < 4.78 is 16.9. The second-order valence-electron chi connectivity index (χ2n) is 22.0. The Morgan fingerprint density at radius 2 is 0.480 bits per heavy atom. The van der Waals surface area contributed by atoms with E-state index in [2.05, 4.69) is 81.5 Å². The molecular weight excluding hydrogens is 925 g/mol. The molecule has 0 fully saturated rings. The smallest absolute Gasteiger partial charge is 0.306 e. The van der Waals surface area contributed by atoms with E-state index in [-0.39, 0.29) is 31.1 Å². The molecule has 0 bridgehead atoms. The lowest BCUT2D eigenvalue weighted by Crippen LogP contribution is -2.30. The summed E-state index contributed by atoms with van der Waals surface area (Å²) in [6, 6.07) is 0. The van der Waals surface area contributed by atoms with E-state index in [1.165, 1.54) is 205 Å². The van der Waals surface area contributed by atoms with Crippen molar-refractivity contribution in [3.8, 4) is 0 Å². The SMILES string of the molecule is CCCCC/C=C\C/C=C\CCCCCCCC(=O)OC(COC(=O)CCCCCCCCCCCCCC/C=C\C/C=C\C/C=C\CCCCCCC)COC(=O)CCCCCCCCCCCCCCCCC. The van der Waals surface area contributed by atoms with Crippen molar-refractivity contribution in [1.82, 2.24) is 0 Å². The van der Waals surface area contributed by atoms with Crippen molar-refractivity contribution in [3.63, 3.8) is 0 Å². The number of rotatable bonds is 60. The van der Waals surface area contributed by atoms with E-state index in [0.717, 1.165) is 96.3 Å². The van der Waals surface area contributed by atoms with Gasteiger partial charge in [0, 0.05) is 19.3 Å². The van der Waals surface area contributed by atoms with E-state index in [9.17, 15) is 14.4 Å². The van der Waals surface area contributed by atoms with Crippen LogP contribution >= 0.6 is 0 Å². The van der Waals surface area contributed by atoms with Crippen molar-refractivity contribution in [1.29, 1.82) is 0 Å². The first kappa shape index (κ1) is 72.1. The third kappa shape index (κ3) is 61.8. The van der Waals surface area contributed by atoms with E-state index < -0.39 is 6.10 Å². The summed E-state index contributed by atoms with van der Waals surface area (Å²) in [5, 5.41) is 0. The fourth-order valence-corrected chi connectivity index (χ4v) is 9.54. The van der Waals surface area contributed by atoms with Crippen LogP contribution in [0, 0.1) is 0 Å². The number of unbranched alkanes of at least 4 members (excludes halogenated alkanes) is 39. The third-order valence-corrected chi connectivity index (χ3v) is 14.5. The largest absolute Gasteiger partial charge is 0.462 e. The van der Waals surface area contributed by atoms with Gasteiger partial charge >= 0.3 is 17.9 Å². The highest BCUT2D eigenvalue weighted by Crippen LogP contribution is 2.17. The number of allylic oxidation sites excluding steroid dienone is 10. The van der Waals surface area contributed by atoms with E-state index in [1.54, 1.807) is 0 Å². The minimum absolute atomic E-state index is 0.0767. The van der Waals surface area contributed by atoms with Crippen LogP contribution in [0.3, 0.4) is 0 Å². The van der Waals surface area contributed by atoms with E-state index in [0.29, 0.717) is 19.3 Å². The van der Waals surface area contributed by atoms with Gasteiger partial charge < -0.3 is 14.2 Å². The van der Waals surface area contributed by atoms with Crippen LogP contribution in [0.15, 0.2) is 60.8 Å². The lowest BCUT2D eigenvalue weighted by molar-refractivity contribution is -0.167. The number of carbonyl (C=O) groups is 3. The van der Waals surface area contributed by atoms with Crippen LogP contribution in [0.5, 0.6) is 0 Å². The van der Waals surface area contributed by atoms with Gasteiger partial charge in [0.15, 0.2) is 6.10 Å². The van der Waals surface area contributed by atoms with Crippen LogP contribution in [0.2, 0.25) is 0 Å². The standard InChI is InChI=1S/C69H124O6/c1-4-7-10-13-16-19-22-25-28-29-30-31-32-33-34-35-36-37-38-39-42-44-47-50-53-56-59-62-68(71)74-65-66(75-69(72)63-60-57-54-51-48-45-41-27-24-21-18-15-12-9-6-3)64-73-67(70)61-58-55-52-49-46-43-40-26-23-20-17-14-11-8-5-2/h18,21-22,25,27,29-30,32-33,41,66H,4-17,19-20,23-24,26,28,31,34-40,42-65H2,1-3H3/b21-18-,25-22-,30-29-,33-32-,41-27-. The maximum absolute atomic E-state index is 12.9. The zero-order valence-electron chi connectivity index (χ0n) is 50.1. The molecule has 0 aliphatic rings. The number of hydrogen-bond acceptors (Lipinski definition) is 6. The topological polar surface area (TPSA) is 78.9 Å². The van der Waals surface area contributed by atoms with Crippen LogP contribution in [-0.2, 0) is 28.6 Å². The second-order valence-corrected chi connectivity index (χ2v) is 22.0. The Kier molecular flexibility index (Phi) is 61.2. The summed E-state index contributed by atoms with van der Waals surface area (Å²) >= 11 is 0. The molecule has 0 spiro atoms. The highest BCUT2D eigenvalue weighted by molar-refractivity contribution is 5.71. The number of esters is 3. The van der Waals surface area contributed by atoms with Gasteiger partial charge in [0.05, 0.1) is 0 Å². The Balaban J connectivity index is 4.27. The van der Waals surface area contributed by atoms with Crippen LogP contribution in [0.4, 0.5) is 0 Å². The van der Waals surface area contributed by atoms with Gasteiger partial charge in [-0.15, -0.1) is 0 Å². The van der Waals surface area contributed by atoms with Crippen LogP contribution in [0.25, 0.3) is 0 Å². The van der Waals surface area contributed by atoms with Gasteiger partial charge in [0.1, 0.15) is 13.2 Å². The molecule has 0 N–H and O–H groups in total. The van der Waals surface area contributed by atoms with Gasteiger partial charge in [-0.2, -0.15) is 0 Å². The monoisotopic (exact) mass is 1050 g/mol. The predicted molar refractivity (Wildman–Crippen MR) is 325 cm³/mol. The first-order chi connectivity index (χ1) is 37.0. The fourth-order valence-electron chi connectivity index (χ4n) is 9.54. The van der Waals surface area contributed by atoms with Gasteiger partial charge in [-0.3, -0.25) is 14.4 Å². The average Bonchev–Trinajstić information content (AvgIpc) is 3.41. The second kappa shape index (κ2) is 63.6. The van der Waals surface area contributed by atoms with Gasteiger partial charge in [-0.05, 0) is 89.9 Å². The molecule has 0 heterocycles. The van der Waals surface area contributed by atoms with Crippen molar-refractivity contribution in [3.05, 3.63) is 60.8 Å². The molecule has 0 aliphatic carbocycles. The first-order valence-corrected chi connectivity index (χ1v) is 32.8. The molecule has 0 aliphatic heterocycles. The molecule has 0 aromatic carbocycles. The molecule has 1 atom stereocenters. The number of carbonyl (C=O) groups excluding carboxylic acids is 3. The molecule has 0 rings (SSSR count). The Labute approximate surface area is 466 Å². The lowest BCUT2D eigenvalue weighted by Gasteiger charge is -2.18. The first-order valence-electron chi connectivity index (χ1n) is 32.8. The summed E-state index contributed by atoms with van der Waals surface area (Å²) in [6.45, 7) is 6.63. The van der Waals surface area contributed by atoms with Gasteiger partial charge in [0.25, 0.3) is 0 Å². The van der Waals surface area contributed by atoms with Crippen molar-refractivity contribution >= 4 is 17.9 Å².